The van der Waals surface area contributed by atoms with Crippen molar-refractivity contribution in [1.29, 1.82) is 0 Å². The predicted octanol–water partition coefficient (Wildman–Crippen LogP) is 25.5. The highest BCUT2D eigenvalue weighted by atomic mass is 31.2. The quantitative estimate of drug-likeness (QED) is 0.0222. The van der Waals surface area contributed by atoms with E-state index in [9.17, 15) is 43.2 Å². The molecule has 19 heteroatoms. The van der Waals surface area contributed by atoms with Crippen LogP contribution in [-0.2, 0) is 65.4 Å². The van der Waals surface area contributed by atoms with Gasteiger partial charge >= 0.3 is 39.5 Å². The van der Waals surface area contributed by atoms with Gasteiger partial charge in [-0.25, -0.2) is 9.13 Å². The Kier molecular flexibility index (Phi) is 74.1. The molecular weight excluding hydrogens is 1340 g/mol. The van der Waals surface area contributed by atoms with Gasteiger partial charge in [-0.1, -0.05) is 395 Å². The minimum Gasteiger partial charge on any atom is -0.462 e. The van der Waals surface area contributed by atoms with Crippen molar-refractivity contribution in [1.82, 2.24) is 0 Å². The summed E-state index contributed by atoms with van der Waals surface area (Å²) < 4.78 is 68.8. The van der Waals surface area contributed by atoms with Gasteiger partial charge in [0.05, 0.1) is 26.4 Å². The van der Waals surface area contributed by atoms with E-state index in [0.29, 0.717) is 25.7 Å². The molecule has 0 aromatic carbocycles. The summed E-state index contributed by atoms with van der Waals surface area (Å²) in [5.41, 5.74) is 0. The number of rotatable bonds is 83. The lowest BCUT2D eigenvalue weighted by Gasteiger charge is -2.21. The first-order chi connectivity index (χ1) is 49.9. The zero-order chi connectivity index (χ0) is 75.6. The fourth-order valence-corrected chi connectivity index (χ4v) is 14.6. The van der Waals surface area contributed by atoms with E-state index in [0.717, 1.165) is 102 Å². The van der Waals surface area contributed by atoms with E-state index in [1.54, 1.807) is 0 Å². The number of unbranched alkanes of at least 4 members (excludes halogenated alkanes) is 52. The van der Waals surface area contributed by atoms with Crippen LogP contribution in [0.3, 0.4) is 0 Å². The maximum atomic E-state index is 13.1. The van der Waals surface area contributed by atoms with Crippen molar-refractivity contribution < 1.29 is 80.2 Å². The standard InChI is InChI=1S/C84H164O17P2/c1-7-10-12-14-16-18-19-20-21-22-23-24-25-33-38-44-50-56-62-68-84(89)101-80(73-95-82(87)67-61-55-49-43-37-32-29-27-31-36-42-47-53-59-65-77(6)9-3)75-99-103(92,93)97-71-78(85)70-96-102(90,91)98-74-79(72-94-81(86)66-60-54-48-40-17-15-13-11-8-2)100-83(88)69-63-57-51-45-39-34-28-26-30-35-41-46-52-58-64-76(4)5/h76-80,85H,7-75H2,1-6H3,(H,90,91)(H,92,93)/t77?,78-,79+,80+/m0/s1. The molecule has 3 unspecified atom stereocenters. The van der Waals surface area contributed by atoms with Crippen LogP contribution in [0, 0.1) is 11.8 Å². The van der Waals surface area contributed by atoms with E-state index < -0.39 is 97.5 Å². The number of aliphatic hydroxyl groups is 1. The van der Waals surface area contributed by atoms with Crippen LogP contribution < -0.4 is 0 Å². The summed E-state index contributed by atoms with van der Waals surface area (Å²) in [5.74, 6) is -0.459. The molecule has 0 amide bonds. The summed E-state index contributed by atoms with van der Waals surface area (Å²) >= 11 is 0. The third kappa shape index (κ3) is 76.6. The van der Waals surface area contributed by atoms with E-state index in [4.69, 9.17) is 37.0 Å². The van der Waals surface area contributed by atoms with Gasteiger partial charge in [-0.05, 0) is 37.5 Å². The summed E-state index contributed by atoms with van der Waals surface area (Å²) in [6.07, 6.45) is 66.5. The smallest absolute Gasteiger partial charge is 0.462 e. The molecule has 0 aliphatic carbocycles. The third-order valence-electron chi connectivity index (χ3n) is 20.1. The van der Waals surface area contributed by atoms with E-state index in [-0.39, 0.29) is 25.7 Å². The van der Waals surface area contributed by atoms with Crippen LogP contribution in [0.5, 0.6) is 0 Å². The Balaban J connectivity index is 5.22. The number of ether oxygens (including phenoxy) is 4. The van der Waals surface area contributed by atoms with Gasteiger partial charge in [0.1, 0.15) is 19.3 Å². The van der Waals surface area contributed by atoms with Gasteiger partial charge in [-0.15, -0.1) is 0 Å². The van der Waals surface area contributed by atoms with Crippen molar-refractivity contribution >= 4 is 39.5 Å². The molecule has 0 aromatic heterocycles. The molecular formula is C84H164O17P2. The highest BCUT2D eigenvalue weighted by Gasteiger charge is 2.30. The Bertz CT molecular complexity index is 1980. The minimum atomic E-state index is -4.96. The molecule has 103 heavy (non-hydrogen) atoms. The fourth-order valence-electron chi connectivity index (χ4n) is 13.0. The molecule has 0 spiro atoms. The van der Waals surface area contributed by atoms with Crippen LogP contribution in [0.1, 0.15) is 446 Å². The van der Waals surface area contributed by atoms with Crippen molar-refractivity contribution in [2.75, 3.05) is 39.6 Å². The molecule has 0 aromatic rings. The maximum absolute atomic E-state index is 13.1. The summed E-state index contributed by atoms with van der Waals surface area (Å²) in [7, 11) is -9.92. The van der Waals surface area contributed by atoms with Gasteiger partial charge in [-0.3, -0.25) is 37.3 Å². The van der Waals surface area contributed by atoms with E-state index >= 15 is 0 Å². The first kappa shape index (κ1) is 101. The zero-order valence-electron chi connectivity index (χ0n) is 67.6. The lowest BCUT2D eigenvalue weighted by Crippen LogP contribution is -2.30. The molecule has 3 N–H and O–H groups in total. The second-order valence-electron chi connectivity index (χ2n) is 30.9. The lowest BCUT2D eigenvalue weighted by atomic mass is 9.99. The first-order valence-electron chi connectivity index (χ1n) is 43.5. The average molecular weight is 1510 g/mol. The molecule has 0 saturated heterocycles. The van der Waals surface area contributed by atoms with Gasteiger partial charge in [0.25, 0.3) is 0 Å². The normalized spacial score (nSPS) is 14.1. The Morgan fingerprint density at radius 3 is 0.738 bits per heavy atom. The third-order valence-corrected chi connectivity index (χ3v) is 22.0. The second kappa shape index (κ2) is 75.5. The average Bonchev–Trinajstić information content (AvgIpc) is 0.924. The largest absolute Gasteiger partial charge is 0.472 e. The summed E-state index contributed by atoms with van der Waals surface area (Å²) in [6.45, 7) is 9.72. The summed E-state index contributed by atoms with van der Waals surface area (Å²) in [5, 5.41) is 10.7. The number of carbonyl (C=O) groups excluding carboxylic acids is 4. The van der Waals surface area contributed by atoms with Crippen LogP contribution in [0.4, 0.5) is 0 Å². The van der Waals surface area contributed by atoms with Crippen LogP contribution in [0.15, 0.2) is 0 Å². The molecule has 0 fully saturated rings. The summed E-state index contributed by atoms with van der Waals surface area (Å²) in [6, 6.07) is 0. The first-order valence-corrected chi connectivity index (χ1v) is 46.5. The monoisotopic (exact) mass is 1510 g/mol. The SMILES string of the molecule is CCCCCCCCCCCCCCCCCCCCCC(=O)O[C@H](COC(=O)CCCCCCCCCCCCCCCCC(C)CC)COP(=O)(O)OC[C@@H](O)COP(=O)(O)OC[C@@H](COC(=O)CCCCCCCCCCC)OC(=O)CCCCCCCCCCCCCCCCC(C)C. The molecule has 6 atom stereocenters. The van der Waals surface area contributed by atoms with Crippen LogP contribution in [0.25, 0.3) is 0 Å². The number of hydrogen-bond donors (Lipinski definition) is 3. The van der Waals surface area contributed by atoms with Crippen LogP contribution in [-0.4, -0.2) is 96.7 Å². The maximum Gasteiger partial charge on any atom is 0.472 e. The molecule has 0 bridgehead atoms. The minimum absolute atomic E-state index is 0.108. The fraction of sp³-hybridized carbons (Fsp3) is 0.952. The van der Waals surface area contributed by atoms with E-state index in [2.05, 4.69) is 41.5 Å². The number of phosphoric acid groups is 2. The Hall–Kier alpha value is -1.94. The van der Waals surface area contributed by atoms with Gasteiger partial charge in [-0.2, -0.15) is 0 Å². The molecule has 0 rings (SSSR count). The number of esters is 4. The molecule has 0 aliphatic heterocycles. The van der Waals surface area contributed by atoms with E-state index in [1.807, 2.05) is 0 Å². The van der Waals surface area contributed by atoms with Gasteiger partial charge in [0, 0.05) is 25.7 Å². The van der Waals surface area contributed by atoms with Crippen molar-refractivity contribution in [2.24, 2.45) is 11.8 Å². The van der Waals surface area contributed by atoms with Gasteiger partial charge in [0.2, 0.25) is 0 Å². The number of phosphoric ester groups is 2. The van der Waals surface area contributed by atoms with Crippen molar-refractivity contribution in [3.63, 3.8) is 0 Å². The summed E-state index contributed by atoms with van der Waals surface area (Å²) in [4.78, 5) is 73.1. The van der Waals surface area contributed by atoms with E-state index in [1.165, 1.54) is 263 Å². The predicted molar refractivity (Wildman–Crippen MR) is 423 cm³/mol. The van der Waals surface area contributed by atoms with Crippen LogP contribution in [0.2, 0.25) is 0 Å². The lowest BCUT2D eigenvalue weighted by molar-refractivity contribution is -0.161. The van der Waals surface area contributed by atoms with Gasteiger partial charge in [0.15, 0.2) is 12.2 Å². The number of aliphatic hydroxyl groups excluding tert-OH is 1. The molecule has 17 nitrogen and oxygen atoms in total. The molecule has 0 radical (unpaired) electrons. The Morgan fingerprint density at radius 1 is 0.282 bits per heavy atom. The van der Waals surface area contributed by atoms with Crippen molar-refractivity contribution in [3.8, 4) is 0 Å². The molecule has 0 heterocycles. The molecule has 0 saturated carbocycles. The molecule has 0 aliphatic rings. The topological polar surface area (TPSA) is 237 Å². The second-order valence-corrected chi connectivity index (χ2v) is 33.8. The number of hydrogen-bond acceptors (Lipinski definition) is 15. The van der Waals surface area contributed by atoms with Crippen molar-refractivity contribution in [2.45, 2.75) is 464 Å². The Labute approximate surface area is 632 Å². The molecule has 612 valence electrons. The Morgan fingerprint density at radius 2 is 0.495 bits per heavy atom. The number of carbonyl (C=O) groups is 4. The van der Waals surface area contributed by atoms with Crippen LogP contribution >= 0.6 is 15.6 Å². The highest BCUT2D eigenvalue weighted by Crippen LogP contribution is 2.45. The zero-order valence-corrected chi connectivity index (χ0v) is 69.4. The highest BCUT2D eigenvalue weighted by molar-refractivity contribution is 7.47. The van der Waals surface area contributed by atoms with Gasteiger partial charge < -0.3 is 33.8 Å². The van der Waals surface area contributed by atoms with Crippen molar-refractivity contribution in [3.05, 3.63) is 0 Å².